The average Bonchev–Trinajstić information content (AvgIpc) is 2.76. The fourth-order valence-electron chi connectivity index (χ4n) is 4.08. The molecule has 0 aliphatic carbocycles. The van der Waals surface area contributed by atoms with E-state index in [0.717, 1.165) is 12.8 Å². The van der Waals surface area contributed by atoms with Crippen molar-refractivity contribution in [3.8, 4) is 17.2 Å². The molecule has 2 unspecified atom stereocenters. The molecule has 0 N–H and O–H groups in total. The maximum absolute atomic E-state index is 15.1. The number of hydrogen-bond donors (Lipinski definition) is 0. The minimum absolute atomic E-state index is 0.0289. The van der Waals surface area contributed by atoms with E-state index in [1.165, 1.54) is 6.07 Å². The molecule has 6 heteroatoms. The number of ether oxygens (including phenoxy) is 3. The first-order valence-electron chi connectivity index (χ1n) is 10.4. The van der Waals surface area contributed by atoms with Crippen LogP contribution in [0.3, 0.4) is 0 Å². The third kappa shape index (κ3) is 3.93. The van der Waals surface area contributed by atoms with Crippen LogP contribution in [0.25, 0.3) is 0 Å². The number of halogens is 3. The van der Waals surface area contributed by atoms with Gasteiger partial charge in [0.05, 0.1) is 19.3 Å². The monoisotopic (exact) mass is 418 g/mol. The van der Waals surface area contributed by atoms with Crippen LogP contribution in [0.15, 0.2) is 30.9 Å². The lowest BCUT2D eigenvalue weighted by atomic mass is 9.93. The Labute approximate surface area is 174 Å². The smallest absolute Gasteiger partial charge is 0.205 e. The molecule has 2 aromatic rings. The van der Waals surface area contributed by atoms with E-state index >= 15 is 4.39 Å². The highest BCUT2D eigenvalue weighted by Crippen LogP contribution is 2.43. The number of fused-ring (bicyclic) bond motifs is 2. The van der Waals surface area contributed by atoms with Crippen LogP contribution >= 0.6 is 0 Å². The first-order chi connectivity index (χ1) is 14.5. The van der Waals surface area contributed by atoms with Crippen molar-refractivity contribution >= 4 is 0 Å². The number of aryl methyl sites for hydroxylation is 1. The molecule has 2 aliphatic rings. The number of rotatable bonds is 6. The first-order valence-corrected chi connectivity index (χ1v) is 10.4. The highest BCUT2D eigenvalue weighted by Gasteiger charge is 2.29. The van der Waals surface area contributed by atoms with Gasteiger partial charge in [-0.3, -0.25) is 0 Å². The van der Waals surface area contributed by atoms with Crippen molar-refractivity contribution < 1.29 is 27.4 Å². The van der Waals surface area contributed by atoms with Gasteiger partial charge in [-0.25, -0.2) is 4.39 Å². The normalized spacial score (nSPS) is 20.1. The molecule has 1 fully saturated rings. The Kier molecular flexibility index (Phi) is 6.04. The summed E-state index contributed by atoms with van der Waals surface area (Å²) in [5, 5.41) is 0. The van der Waals surface area contributed by atoms with E-state index in [4.69, 9.17) is 14.2 Å². The molecular formula is C24H25F3O3. The molecule has 0 bridgehead atoms. The Morgan fingerprint density at radius 2 is 1.90 bits per heavy atom. The van der Waals surface area contributed by atoms with Gasteiger partial charge in [0.2, 0.25) is 11.6 Å². The van der Waals surface area contributed by atoms with Crippen LogP contribution in [-0.4, -0.2) is 19.3 Å². The fourth-order valence-corrected chi connectivity index (χ4v) is 4.08. The van der Waals surface area contributed by atoms with E-state index in [0.29, 0.717) is 42.1 Å². The quantitative estimate of drug-likeness (QED) is 0.452. The van der Waals surface area contributed by atoms with E-state index < -0.39 is 17.5 Å². The Bertz CT molecular complexity index is 949. The van der Waals surface area contributed by atoms with Crippen LogP contribution in [0.2, 0.25) is 0 Å². The van der Waals surface area contributed by atoms with Crippen molar-refractivity contribution in [1.29, 1.82) is 0 Å². The lowest BCUT2D eigenvalue weighted by Crippen LogP contribution is -2.25. The van der Waals surface area contributed by atoms with Gasteiger partial charge in [0.25, 0.3) is 0 Å². The molecule has 4 rings (SSSR count). The highest BCUT2D eigenvalue weighted by molar-refractivity contribution is 5.54. The molecule has 30 heavy (non-hydrogen) atoms. The molecule has 0 saturated carbocycles. The standard InChI is InChI=1S/C24H25F3O3/c1-3-14-5-9-18(29-13-14)10-8-15-6-7-16-11-17-12-19(28-4-2)21(26)22(27)24(17)30-23(16)20(15)25/h3,6-7,12,14,18H,1,4-5,8-11,13H2,2H3. The van der Waals surface area contributed by atoms with Crippen LogP contribution in [0.4, 0.5) is 13.2 Å². The molecular weight excluding hydrogens is 393 g/mol. The third-order valence-electron chi connectivity index (χ3n) is 5.82. The average molecular weight is 418 g/mol. The van der Waals surface area contributed by atoms with Gasteiger partial charge in [-0.15, -0.1) is 6.58 Å². The van der Waals surface area contributed by atoms with Gasteiger partial charge in [-0.05, 0) is 44.2 Å². The topological polar surface area (TPSA) is 27.7 Å². The van der Waals surface area contributed by atoms with Gasteiger partial charge in [0.1, 0.15) is 0 Å². The maximum Gasteiger partial charge on any atom is 0.205 e. The second-order valence-corrected chi connectivity index (χ2v) is 7.80. The summed E-state index contributed by atoms with van der Waals surface area (Å²) in [6.07, 6.45) is 5.36. The Hall–Kier alpha value is -2.47. The molecule has 160 valence electrons. The third-order valence-corrected chi connectivity index (χ3v) is 5.82. The van der Waals surface area contributed by atoms with Crippen LogP contribution in [0.5, 0.6) is 17.2 Å². The maximum atomic E-state index is 15.1. The van der Waals surface area contributed by atoms with Crippen molar-refractivity contribution in [2.24, 2.45) is 5.92 Å². The van der Waals surface area contributed by atoms with E-state index in [-0.39, 0.29) is 36.4 Å². The second-order valence-electron chi connectivity index (χ2n) is 7.80. The van der Waals surface area contributed by atoms with Crippen LogP contribution in [0, 0.1) is 23.4 Å². The zero-order chi connectivity index (χ0) is 21.3. The van der Waals surface area contributed by atoms with Crippen molar-refractivity contribution in [2.45, 2.75) is 45.1 Å². The molecule has 0 aromatic heterocycles. The lowest BCUT2D eigenvalue weighted by molar-refractivity contribution is -0.00789. The molecule has 3 nitrogen and oxygen atoms in total. The fraction of sp³-hybridized carbons (Fsp3) is 0.417. The molecule has 2 atom stereocenters. The predicted octanol–water partition coefficient (Wildman–Crippen LogP) is 6.11. The lowest BCUT2D eigenvalue weighted by Gasteiger charge is -2.27. The second kappa shape index (κ2) is 8.72. The van der Waals surface area contributed by atoms with Crippen LogP contribution < -0.4 is 9.47 Å². The number of benzene rings is 2. The van der Waals surface area contributed by atoms with Crippen LogP contribution in [0.1, 0.15) is 42.9 Å². The van der Waals surface area contributed by atoms with Crippen LogP contribution in [-0.2, 0) is 17.6 Å². The molecule has 0 radical (unpaired) electrons. The molecule has 0 amide bonds. The zero-order valence-corrected chi connectivity index (χ0v) is 17.0. The summed E-state index contributed by atoms with van der Waals surface area (Å²) in [6, 6.07) is 4.94. The Morgan fingerprint density at radius 3 is 2.60 bits per heavy atom. The van der Waals surface area contributed by atoms with Crippen molar-refractivity contribution in [3.05, 3.63) is 65.0 Å². The summed E-state index contributed by atoms with van der Waals surface area (Å²) >= 11 is 0. The summed E-state index contributed by atoms with van der Waals surface area (Å²) in [7, 11) is 0. The first kappa shape index (κ1) is 20.8. The van der Waals surface area contributed by atoms with E-state index in [2.05, 4.69) is 6.58 Å². The van der Waals surface area contributed by atoms with E-state index in [9.17, 15) is 8.78 Å². The SMILES string of the molecule is C=CC1CCC(CCc2ccc3c(c2F)Oc2c(cc(OCC)c(F)c2F)C3)OC1. The summed E-state index contributed by atoms with van der Waals surface area (Å²) in [5.41, 5.74) is 1.52. The summed E-state index contributed by atoms with van der Waals surface area (Å²) in [5.74, 6) is -2.88. The minimum Gasteiger partial charge on any atom is -0.491 e. The van der Waals surface area contributed by atoms with E-state index in [1.807, 2.05) is 6.08 Å². The van der Waals surface area contributed by atoms with Gasteiger partial charge >= 0.3 is 0 Å². The van der Waals surface area contributed by atoms with Gasteiger partial charge in [0, 0.05) is 23.5 Å². The zero-order valence-electron chi connectivity index (χ0n) is 17.0. The molecule has 2 heterocycles. The minimum atomic E-state index is -1.15. The Balaban J connectivity index is 1.52. The van der Waals surface area contributed by atoms with Gasteiger partial charge in [-0.2, -0.15) is 8.78 Å². The summed E-state index contributed by atoms with van der Waals surface area (Å²) < 4.78 is 60.4. The summed E-state index contributed by atoms with van der Waals surface area (Å²) in [6.45, 7) is 6.35. The van der Waals surface area contributed by atoms with Gasteiger partial charge in [0.15, 0.2) is 23.1 Å². The summed E-state index contributed by atoms with van der Waals surface area (Å²) in [4.78, 5) is 0. The largest absolute Gasteiger partial charge is 0.491 e. The van der Waals surface area contributed by atoms with Gasteiger partial charge in [-0.1, -0.05) is 18.2 Å². The Morgan fingerprint density at radius 1 is 1.10 bits per heavy atom. The highest BCUT2D eigenvalue weighted by atomic mass is 19.2. The van der Waals surface area contributed by atoms with Crippen molar-refractivity contribution in [1.82, 2.24) is 0 Å². The molecule has 2 aromatic carbocycles. The van der Waals surface area contributed by atoms with Crippen molar-refractivity contribution in [2.75, 3.05) is 13.2 Å². The molecule has 2 aliphatic heterocycles. The van der Waals surface area contributed by atoms with E-state index in [1.54, 1.807) is 19.1 Å². The molecule has 0 spiro atoms. The molecule has 1 saturated heterocycles. The van der Waals surface area contributed by atoms with Gasteiger partial charge < -0.3 is 14.2 Å². The van der Waals surface area contributed by atoms with Crippen molar-refractivity contribution in [3.63, 3.8) is 0 Å². The predicted molar refractivity (Wildman–Crippen MR) is 108 cm³/mol. The number of hydrogen-bond acceptors (Lipinski definition) is 3.